The highest BCUT2D eigenvalue weighted by molar-refractivity contribution is 5.21. The molecule has 0 saturated heterocycles. The molecular weight excluding hydrogens is 198 g/mol. The van der Waals surface area contributed by atoms with Gasteiger partial charge in [0.1, 0.15) is 11.6 Å². The van der Waals surface area contributed by atoms with Crippen molar-refractivity contribution < 1.29 is 5.11 Å². The van der Waals surface area contributed by atoms with Gasteiger partial charge in [-0.05, 0) is 13.8 Å². The minimum atomic E-state index is -1.09. The third-order valence-electron chi connectivity index (χ3n) is 1.69. The topological polar surface area (TPSA) is 98.9 Å². The van der Waals surface area contributed by atoms with E-state index >= 15 is 0 Å². The monoisotopic (exact) mass is 209 g/mol. The molecule has 1 aromatic heterocycles. The number of rotatable bonds is 2. The van der Waals surface area contributed by atoms with Crippen LogP contribution in [0, 0.1) is 11.3 Å². The Bertz CT molecular complexity index is 513. The molecule has 1 rings (SSSR count). The molecule has 6 heteroatoms. The number of hydrogen-bond acceptors (Lipinski definition) is 4. The lowest BCUT2D eigenvalue weighted by Crippen LogP contribution is -2.37. The van der Waals surface area contributed by atoms with E-state index in [0.29, 0.717) is 0 Å². The van der Waals surface area contributed by atoms with Crippen LogP contribution in [-0.2, 0) is 6.54 Å². The molecule has 0 radical (unpaired) electrons. The predicted octanol–water partition coefficient (Wildman–Crippen LogP) is -0.821. The number of nitriles is 1. The summed E-state index contributed by atoms with van der Waals surface area (Å²) in [5.41, 5.74) is -2.59. The molecule has 2 N–H and O–H groups in total. The van der Waals surface area contributed by atoms with E-state index in [4.69, 9.17) is 5.26 Å². The Kier molecular flexibility index (Phi) is 2.77. The van der Waals surface area contributed by atoms with Gasteiger partial charge in [-0.3, -0.25) is 14.3 Å². The SMILES string of the molecule is CC(C)(O)Cn1cc(C#N)c(=O)[nH]c1=O. The zero-order valence-corrected chi connectivity index (χ0v) is 8.44. The number of nitrogens with zero attached hydrogens (tertiary/aromatic N) is 2. The average Bonchev–Trinajstić information content (AvgIpc) is 2.07. The molecule has 0 atom stereocenters. The summed E-state index contributed by atoms with van der Waals surface area (Å²) in [7, 11) is 0. The van der Waals surface area contributed by atoms with Crippen molar-refractivity contribution in [1.82, 2.24) is 9.55 Å². The van der Waals surface area contributed by atoms with Crippen LogP contribution >= 0.6 is 0 Å². The van der Waals surface area contributed by atoms with Gasteiger partial charge in [0.2, 0.25) is 0 Å². The number of aromatic amines is 1. The van der Waals surface area contributed by atoms with Gasteiger partial charge in [-0.25, -0.2) is 4.79 Å². The van der Waals surface area contributed by atoms with Gasteiger partial charge >= 0.3 is 5.69 Å². The summed E-state index contributed by atoms with van der Waals surface area (Å²) in [6, 6.07) is 1.66. The van der Waals surface area contributed by atoms with Crippen molar-refractivity contribution >= 4 is 0 Å². The maximum absolute atomic E-state index is 11.3. The summed E-state index contributed by atoms with van der Waals surface area (Å²) in [6.07, 6.45) is 1.14. The van der Waals surface area contributed by atoms with Crippen molar-refractivity contribution in [2.24, 2.45) is 0 Å². The van der Waals surface area contributed by atoms with Crippen LogP contribution in [0.3, 0.4) is 0 Å². The molecule has 0 aromatic carbocycles. The normalized spacial score (nSPS) is 11.1. The second-order valence-electron chi connectivity index (χ2n) is 3.85. The van der Waals surface area contributed by atoms with E-state index in [9.17, 15) is 14.7 Å². The Morgan fingerprint density at radius 1 is 1.60 bits per heavy atom. The first kappa shape index (κ1) is 11.2. The first-order valence-electron chi connectivity index (χ1n) is 4.30. The minimum absolute atomic E-state index is 0.0112. The third kappa shape index (κ3) is 2.79. The van der Waals surface area contributed by atoms with Gasteiger partial charge in [0.25, 0.3) is 5.56 Å². The molecule has 0 saturated carbocycles. The second-order valence-corrected chi connectivity index (χ2v) is 3.85. The maximum Gasteiger partial charge on any atom is 0.328 e. The smallest absolute Gasteiger partial charge is 0.328 e. The maximum atomic E-state index is 11.3. The summed E-state index contributed by atoms with van der Waals surface area (Å²) in [4.78, 5) is 24.3. The second kappa shape index (κ2) is 3.71. The van der Waals surface area contributed by atoms with Crippen LogP contribution in [0.1, 0.15) is 19.4 Å². The van der Waals surface area contributed by atoms with Gasteiger partial charge in [0, 0.05) is 6.20 Å². The highest BCUT2D eigenvalue weighted by atomic mass is 16.3. The lowest BCUT2D eigenvalue weighted by Gasteiger charge is -2.17. The zero-order valence-electron chi connectivity index (χ0n) is 8.44. The minimum Gasteiger partial charge on any atom is -0.389 e. The highest BCUT2D eigenvalue weighted by Crippen LogP contribution is 2.02. The van der Waals surface area contributed by atoms with Gasteiger partial charge < -0.3 is 5.11 Å². The van der Waals surface area contributed by atoms with E-state index < -0.39 is 16.9 Å². The molecule has 0 bridgehead atoms. The lowest BCUT2D eigenvalue weighted by molar-refractivity contribution is 0.0599. The summed E-state index contributed by atoms with van der Waals surface area (Å²) in [5, 5.41) is 18.1. The van der Waals surface area contributed by atoms with E-state index in [2.05, 4.69) is 0 Å². The summed E-state index contributed by atoms with van der Waals surface area (Å²) in [5.74, 6) is 0. The Labute approximate surface area is 85.4 Å². The lowest BCUT2D eigenvalue weighted by atomic mass is 10.1. The van der Waals surface area contributed by atoms with Crippen LogP contribution in [0.25, 0.3) is 0 Å². The number of hydrogen-bond donors (Lipinski definition) is 2. The fourth-order valence-corrected chi connectivity index (χ4v) is 1.12. The van der Waals surface area contributed by atoms with Crippen molar-refractivity contribution in [1.29, 1.82) is 5.26 Å². The molecule has 1 heterocycles. The summed E-state index contributed by atoms with van der Waals surface area (Å²) in [6.45, 7) is 3.06. The number of nitrogens with one attached hydrogen (secondary N) is 1. The summed E-state index contributed by atoms with van der Waals surface area (Å²) >= 11 is 0. The van der Waals surface area contributed by atoms with E-state index in [1.807, 2.05) is 4.98 Å². The molecule has 0 aliphatic rings. The standard InChI is InChI=1S/C9H11N3O3/c1-9(2,15)5-12-4-6(3-10)7(13)11-8(12)14/h4,15H,5H2,1-2H3,(H,11,13,14). The fourth-order valence-electron chi connectivity index (χ4n) is 1.12. The number of aromatic nitrogens is 2. The van der Waals surface area contributed by atoms with Crippen molar-refractivity contribution in [2.45, 2.75) is 26.0 Å². The molecule has 0 aliphatic carbocycles. The van der Waals surface area contributed by atoms with Crippen molar-refractivity contribution in [3.63, 3.8) is 0 Å². The number of H-pyrrole nitrogens is 1. The molecular formula is C9H11N3O3. The molecule has 1 aromatic rings. The first-order chi connectivity index (χ1) is 6.83. The Morgan fingerprint density at radius 3 is 2.67 bits per heavy atom. The molecule has 0 aliphatic heterocycles. The molecule has 6 nitrogen and oxygen atoms in total. The summed E-state index contributed by atoms with van der Waals surface area (Å²) < 4.78 is 1.10. The van der Waals surface area contributed by atoms with Crippen LogP contribution in [0.4, 0.5) is 0 Å². The third-order valence-corrected chi connectivity index (χ3v) is 1.69. The predicted molar refractivity (Wildman–Crippen MR) is 52.3 cm³/mol. The van der Waals surface area contributed by atoms with Gasteiger partial charge in [-0.15, -0.1) is 0 Å². The van der Waals surface area contributed by atoms with E-state index in [-0.39, 0.29) is 12.1 Å². The van der Waals surface area contributed by atoms with Gasteiger partial charge in [0.15, 0.2) is 0 Å². The van der Waals surface area contributed by atoms with Crippen LogP contribution < -0.4 is 11.2 Å². The average molecular weight is 209 g/mol. The molecule has 15 heavy (non-hydrogen) atoms. The van der Waals surface area contributed by atoms with E-state index in [1.165, 1.54) is 13.8 Å². The fraction of sp³-hybridized carbons (Fsp3) is 0.444. The quantitative estimate of drug-likeness (QED) is 0.664. The van der Waals surface area contributed by atoms with Crippen molar-refractivity contribution in [3.8, 4) is 6.07 Å². The van der Waals surface area contributed by atoms with Crippen molar-refractivity contribution in [2.75, 3.05) is 0 Å². The first-order valence-corrected chi connectivity index (χ1v) is 4.30. The van der Waals surface area contributed by atoms with E-state index in [0.717, 1.165) is 10.8 Å². The molecule has 0 unspecified atom stereocenters. The molecule has 80 valence electrons. The zero-order chi connectivity index (χ0) is 11.6. The Morgan fingerprint density at radius 2 is 2.20 bits per heavy atom. The van der Waals surface area contributed by atoms with Crippen LogP contribution in [0.5, 0.6) is 0 Å². The van der Waals surface area contributed by atoms with Gasteiger partial charge in [-0.1, -0.05) is 0 Å². The van der Waals surface area contributed by atoms with Gasteiger partial charge in [0.05, 0.1) is 12.1 Å². The van der Waals surface area contributed by atoms with Crippen molar-refractivity contribution in [3.05, 3.63) is 32.6 Å². The highest BCUT2D eigenvalue weighted by Gasteiger charge is 2.15. The number of aliphatic hydroxyl groups is 1. The molecule has 0 fully saturated rings. The molecule has 0 amide bonds. The van der Waals surface area contributed by atoms with Crippen LogP contribution in [-0.4, -0.2) is 20.3 Å². The van der Waals surface area contributed by atoms with Crippen LogP contribution in [0.2, 0.25) is 0 Å². The van der Waals surface area contributed by atoms with Crippen LogP contribution in [0.15, 0.2) is 15.8 Å². The largest absolute Gasteiger partial charge is 0.389 e. The van der Waals surface area contributed by atoms with Gasteiger partial charge in [-0.2, -0.15) is 5.26 Å². The Balaban J connectivity index is 3.28. The Hall–Kier alpha value is -1.87. The molecule has 0 spiro atoms. The van der Waals surface area contributed by atoms with E-state index in [1.54, 1.807) is 6.07 Å².